The van der Waals surface area contributed by atoms with Crippen molar-refractivity contribution in [3.63, 3.8) is 0 Å². The molecular weight excluding hydrogens is 204 g/mol. The van der Waals surface area contributed by atoms with Gasteiger partial charge in [-0.15, -0.1) is 0 Å². The van der Waals surface area contributed by atoms with Crippen molar-refractivity contribution < 1.29 is 5.11 Å². The van der Waals surface area contributed by atoms with Crippen LogP contribution >= 0.6 is 0 Å². The summed E-state index contributed by atoms with van der Waals surface area (Å²) in [6.45, 7) is 5.12. The molecule has 3 N–H and O–H groups in total. The van der Waals surface area contributed by atoms with Gasteiger partial charge in [-0.2, -0.15) is 4.98 Å². The zero-order valence-corrected chi connectivity index (χ0v) is 9.72. The van der Waals surface area contributed by atoms with Crippen molar-refractivity contribution in [3.8, 4) is 0 Å². The predicted octanol–water partition coefficient (Wildman–Crippen LogP) is 0.574. The average molecular weight is 222 g/mol. The molecule has 5 heteroatoms. The van der Waals surface area contributed by atoms with E-state index in [0.717, 1.165) is 24.5 Å². The maximum absolute atomic E-state index is 9.39. The van der Waals surface area contributed by atoms with E-state index in [4.69, 9.17) is 5.73 Å². The summed E-state index contributed by atoms with van der Waals surface area (Å²) in [5.41, 5.74) is 6.50. The summed E-state index contributed by atoms with van der Waals surface area (Å²) in [5.74, 6) is 1.61. The van der Waals surface area contributed by atoms with Gasteiger partial charge in [0.2, 0.25) is 5.95 Å². The van der Waals surface area contributed by atoms with Gasteiger partial charge in [0.15, 0.2) is 0 Å². The number of nitrogens with zero attached hydrogens (tertiary/aromatic N) is 3. The lowest BCUT2D eigenvalue weighted by Crippen LogP contribution is -2.35. The van der Waals surface area contributed by atoms with Gasteiger partial charge in [-0.05, 0) is 19.3 Å². The SMILES string of the molecule is Cc1cc(N2CCC(C)C2CO)nc(N)n1. The number of aryl methyl sites for hydroxylation is 1. The van der Waals surface area contributed by atoms with Gasteiger partial charge in [-0.25, -0.2) is 4.98 Å². The minimum atomic E-state index is 0.147. The Labute approximate surface area is 95.3 Å². The Morgan fingerprint density at radius 1 is 1.56 bits per heavy atom. The smallest absolute Gasteiger partial charge is 0.222 e. The Hall–Kier alpha value is -1.36. The predicted molar refractivity (Wildman–Crippen MR) is 63.2 cm³/mol. The van der Waals surface area contributed by atoms with Crippen LogP contribution in [0.4, 0.5) is 11.8 Å². The molecule has 88 valence electrons. The molecule has 0 aliphatic carbocycles. The number of hydrogen-bond acceptors (Lipinski definition) is 5. The lowest BCUT2D eigenvalue weighted by molar-refractivity contribution is 0.244. The first-order valence-corrected chi connectivity index (χ1v) is 5.60. The van der Waals surface area contributed by atoms with Gasteiger partial charge in [-0.3, -0.25) is 0 Å². The number of aliphatic hydroxyl groups excluding tert-OH is 1. The minimum Gasteiger partial charge on any atom is -0.394 e. The normalized spacial score (nSPS) is 25.1. The fourth-order valence-corrected chi connectivity index (χ4v) is 2.29. The molecule has 0 saturated carbocycles. The van der Waals surface area contributed by atoms with Crippen molar-refractivity contribution in [1.82, 2.24) is 9.97 Å². The van der Waals surface area contributed by atoms with Crippen molar-refractivity contribution >= 4 is 11.8 Å². The van der Waals surface area contributed by atoms with E-state index in [1.165, 1.54) is 0 Å². The van der Waals surface area contributed by atoms with Crippen LogP contribution in [0.2, 0.25) is 0 Å². The molecule has 2 rings (SSSR count). The van der Waals surface area contributed by atoms with Gasteiger partial charge in [0.05, 0.1) is 12.6 Å². The van der Waals surface area contributed by atoms with E-state index in [0.29, 0.717) is 11.9 Å². The second-order valence-electron chi connectivity index (χ2n) is 4.43. The van der Waals surface area contributed by atoms with Gasteiger partial charge in [0, 0.05) is 18.3 Å². The summed E-state index contributed by atoms with van der Waals surface area (Å²) in [6, 6.07) is 2.06. The minimum absolute atomic E-state index is 0.147. The molecule has 0 amide bonds. The summed E-state index contributed by atoms with van der Waals surface area (Å²) >= 11 is 0. The lowest BCUT2D eigenvalue weighted by atomic mass is 10.0. The van der Waals surface area contributed by atoms with Gasteiger partial charge < -0.3 is 15.7 Å². The summed E-state index contributed by atoms with van der Waals surface area (Å²) in [6.07, 6.45) is 1.08. The van der Waals surface area contributed by atoms with Crippen LogP contribution in [0.1, 0.15) is 19.0 Å². The molecule has 0 radical (unpaired) electrons. The van der Waals surface area contributed by atoms with Crippen LogP contribution < -0.4 is 10.6 Å². The van der Waals surface area contributed by atoms with Gasteiger partial charge in [0.25, 0.3) is 0 Å². The molecule has 0 spiro atoms. The fraction of sp³-hybridized carbons (Fsp3) is 0.636. The van der Waals surface area contributed by atoms with Crippen molar-refractivity contribution in [2.24, 2.45) is 5.92 Å². The van der Waals surface area contributed by atoms with Crippen LogP contribution in [0, 0.1) is 12.8 Å². The zero-order valence-electron chi connectivity index (χ0n) is 9.72. The van der Waals surface area contributed by atoms with Crippen LogP contribution in [-0.2, 0) is 0 Å². The number of hydrogen-bond donors (Lipinski definition) is 2. The first kappa shape index (κ1) is 11.1. The number of rotatable bonds is 2. The molecule has 1 aliphatic rings. The summed E-state index contributed by atoms with van der Waals surface area (Å²) in [5, 5.41) is 9.39. The number of nitrogens with two attached hydrogens (primary N) is 1. The van der Waals surface area contributed by atoms with Crippen molar-refractivity contribution in [1.29, 1.82) is 0 Å². The van der Waals surface area contributed by atoms with Crippen molar-refractivity contribution in [2.45, 2.75) is 26.3 Å². The number of aliphatic hydroxyl groups is 1. The van der Waals surface area contributed by atoms with E-state index in [1.807, 2.05) is 13.0 Å². The highest BCUT2D eigenvalue weighted by atomic mass is 16.3. The molecule has 2 unspecified atom stereocenters. The Morgan fingerprint density at radius 3 is 2.94 bits per heavy atom. The third-order valence-corrected chi connectivity index (χ3v) is 3.22. The molecule has 0 bridgehead atoms. The van der Waals surface area contributed by atoms with Crippen LogP contribution in [0.15, 0.2) is 6.07 Å². The van der Waals surface area contributed by atoms with Crippen LogP contribution in [0.5, 0.6) is 0 Å². The summed E-state index contributed by atoms with van der Waals surface area (Å²) in [4.78, 5) is 10.4. The maximum Gasteiger partial charge on any atom is 0.222 e. The Morgan fingerprint density at radius 2 is 2.31 bits per heavy atom. The summed E-state index contributed by atoms with van der Waals surface area (Å²) < 4.78 is 0. The maximum atomic E-state index is 9.39. The molecule has 1 saturated heterocycles. The highest BCUT2D eigenvalue weighted by Gasteiger charge is 2.31. The quantitative estimate of drug-likeness (QED) is 0.765. The van der Waals surface area contributed by atoms with E-state index in [2.05, 4.69) is 21.8 Å². The third-order valence-electron chi connectivity index (χ3n) is 3.22. The van der Waals surface area contributed by atoms with Crippen LogP contribution in [0.3, 0.4) is 0 Å². The first-order chi connectivity index (χ1) is 7.61. The molecular formula is C11H18N4O. The largest absolute Gasteiger partial charge is 0.394 e. The average Bonchev–Trinajstić information content (AvgIpc) is 2.58. The van der Waals surface area contributed by atoms with E-state index in [9.17, 15) is 5.11 Å². The lowest BCUT2D eigenvalue weighted by Gasteiger charge is -2.26. The topological polar surface area (TPSA) is 75.3 Å². The van der Waals surface area contributed by atoms with Crippen molar-refractivity contribution in [3.05, 3.63) is 11.8 Å². The van der Waals surface area contributed by atoms with E-state index >= 15 is 0 Å². The fourth-order valence-electron chi connectivity index (χ4n) is 2.29. The second kappa shape index (κ2) is 4.25. The zero-order chi connectivity index (χ0) is 11.7. The highest BCUT2D eigenvalue weighted by molar-refractivity contribution is 5.45. The Kier molecular flexibility index (Phi) is 2.96. The first-order valence-electron chi connectivity index (χ1n) is 5.60. The molecule has 1 aliphatic heterocycles. The molecule has 2 atom stereocenters. The van der Waals surface area contributed by atoms with Crippen molar-refractivity contribution in [2.75, 3.05) is 23.8 Å². The Balaban J connectivity index is 2.29. The number of aromatic nitrogens is 2. The highest BCUT2D eigenvalue weighted by Crippen LogP contribution is 2.28. The van der Waals surface area contributed by atoms with E-state index < -0.39 is 0 Å². The molecule has 16 heavy (non-hydrogen) atoms. The molecule has 2 heterocycles. The van der Waals surface area contributed by atoms with E-state index in [-0.39, 0.29) is 12.6 Å². The molecule has 1 fully saturated rings. The molecule has 0 aromatic carbocycles. The standard InChI is InChI=1S/C11H18N4O/c1-7-3-4-15(9(7)6-16)10-5-8(2)13-11(12)14-10/h5,7,9,16H,3-4,6H2,1-2H3,(H2,12,13,14). The van der Waals surface area contributed by atoms with Gasteiger partial charge in [-0.1, -0.05) is 6.92 Å². The van der Waals surface area contributed by atoms with Gasteiger partial charge in [0.1, 0.15) is 5.82 Å². The molecule has 1 aromatic rings. The third kappa shape index (κ3) is 1.95. The number of anilines is 2. The van der Waals surface area contributed by atoms with Crippen LogP contribution in [0.25, 0.3) is 0 Å². The number of nitrogen functional groups attached to an aromatic ring is 1. The van der Waals surface area contributed by atoms with E-state index in [1.54, 1.807) is 0 Å². The Bertz CT molecular complexity index is 362. The second-order valence-corrected chi connectivity index (χ2v) is 4.43. The summed E-state index contributed by atoms with van der Waals surface area (Å²) in [7, 11) is 0. The van der Waals surface area contributed by atoms with Crippen LogP contribution in [-0.4, -0.2) is 34.3 Å². The molecule has 5 nitrogen and oxygen atoms in total. The monoisotopic (exact) mass is 222 g/mol. The molecule has 1 aromatic heterocycles. The van der Waals surface area contributed by atoms with Gasteiger partial charge >= 0.3 is 0 Å².